The summed E-state index contributed by atoms with van der Waals surface area (Å²) in [6, 6.07) is 17.4. The van der Waals surface area contributed by atoms with Gasteiger partial charge in [-0.05, 0) is 91.3 Å². The summed E-state index contributed by atoms with van der Waals surface area (Å²) in [4.78, 5) is 13.6. The van der Waals surface area contributed by atoms with E-state index in [0.29, 0.717) is 11.6 Å². The van der Waals surface area contributed by atoms with Crippen molar-refractivity contribution in [2.45, 2.75) is 77.4 Å². The number of nitrogens with zero attached hydrogens (tertiary/aromatic N) is 3. The van der Waals surface area contributed by atoms with Crippen LogP contribution < -0.4 is 5.56 Å². The molecule has 6 nitrogen and oxygen atoms in total. The number of pyridine rings is 1. The monoisotopic (exact) mass is 577 g/mol. The fourth-order valence-corrected chi connectivity index (χ4v) is 6.30. The molecule has 2 unspecified atom stereocenters. The minimum absolute atomic E-state index is 0.0170. The van der Waals surface area contributed by atoms with Crippen LogP contribution in [0.15, 0.2) is 65.6 Å². The van der Waals surface area contributed by atoms with Crippen LogP contribution in [0.2, 0.25) is 23.2 Å². The molecule has 0 N–H and O–H groups in total. The van der Waals surface area contributed by atoms with E-state index >= 15 is 0 Å². The number of benzene rings is 2. The Balaban J connectivity index is 1.48. The van der Waals surface area contributed by atoms with Crippen LogP contribution in [0.1, 0.15) is 63.6 Å². The first-order valence-electron chi connectivity index (χ1n) is 14.2. The van der Waals surface area contributed by atoms with Crippen molar-refractivity contribution >= 4 is 30.8 Å². The van der Waals surface area contributed by atoms with Crippen molar-refractivity contribution in [2.24, 2.45) is 0 Å². The predicted octanol–water partition coefficient (Wildman–Crippen LogP) is 8.14. The molecule has 0 radical (unpaired) electrons. The largest absolute Gasteiger partial charge is 0.414 e. The highest BCUT2D eigenvalue weighted by Crippen LogP contribution is 2.38. The van der Waals surface area contributed by atoms with E-state index in [1.807, 2.05) is 48.1 Å². The number of fused-ring (bicyclic) bond motifs is 1. The Morgan fingerprint density at radius 2 is 1.88 bits per heavy atom. The molecule has 2 atom stereocenters. The van der Waals surface area contributed by atoms with E-state index in [1.165, 1.54) is 0 Å². The standard InChI is InChI=1S/C32H40ClN3O3Si/c1-22-27-19-23(13-14-28(27)36(34-22)31-12-7-8-17-38-31)24-15-16-35(30(37)20-24)29(25-10-9-11-26(33)18-25)21-39-40(5,6)32(2,3)4/h9-11,13-16,18-20,29,31H,7-8,12,17,21H2,1-6H3. The second-order valence-electron chi connectivity index (χ2n) is 12.4. The Labute approximate surface area is 243 Å². The molecule has 0 spiro atoms. The molecule has 1 aliphatic heterocycles. The number of hydrogen-bond donors (Lipinski definition) is 0. The van der Waals surface area contributed by atoms with Crippen molar-refractivity contribution in [1.29, 1.82) is 0 Å². The first-order chi connectivity index (χ1) is 18.9. The molecule has 5 rings (SSSR count). The maximum absolute atomic E-state index is 13.6. The summed E-state index contributed by atoms with van der Waals surface area (Å²) < 4.78 is 16.4. The van der Waals surface area contributed by atoms with Gasteiger partial charge in [-0.25, -0.2) is 4.68 Å². The normalized spacial score (nSPS) is 17.3. The number of ether oxygens (including phenoxy) is 1. The van der Waals surface area contributed by atoms with Crippen LogP contribution in [0.4, 0.5) is 0 Å². The smallest absolute Gasteiger partial charge is 0.251 e. The van der Waals surface area contributed by atoms with Crippen molar-refractivity contribution in [3.63, 3.8) is 0 Å². The van der Waals surface area contributed by atoms with Gasteiger partial charge in [-0.1, -0.05) is 50.6 Å². The molecular weight excluding hydrogens is 538 g/mol. The van der Waals surface area contributed by atoms with E-state index in [1.54, 1.807) is 10.6 Å². The van der Waals surface area contributed by atoms with Gasteiger partial charge in [0.25, 0.3) is 5.56 Å². The van der Waals surface area contributed by atoms with Gasteiger partial charge in [0.1, 0.15) is 0 Å². The molecule has 2 aromatic heterocycles. The molecule has 2 aromatic carbocycles. The van der Waals surface area contributed by atoms with Crippen LogP contribution in [-0.2, 0) is 9.16 Å². The highest BCUT2D eigenvalue weighted by atomic mass is 35.5. The molecule has 1 saturated heterocycles. The third-order valence-electron chi connectivity index (χ3n) is 8.58. The summed E-state index contributed by atoms with van der Waals surface area (Å²) >= 11 is 6.36. The van der Waals surface area contributed by atoms with E-state index in [4.69, 9.17) is 25.9 Å². The average Bonchev–Trinajstić information content (AvgIpc) is 3.25. The quantitative estimate of drug-likeness (QED) is 0.208. The Morgan fingerprint density at radius 3 is 2.55 bits per heavy atom. The maximum atomic E-state index is 13.6. The molecule has 3 heterocycles. The zero-order chi connectivity index (χ0) is 28.7. The van der Waals surface area contributed by atoms with E-state index in [9.17, 15) is 4.79 Å². The number of rotatable bonds is 7. The first-order valence-corrected chi connectivity index (χ1v) is 17.5. The van der Waals surface area contributed by atoms with Gasteiger partial charge in [-0.3, -0.25) is 4.79 Å². The lowest BCUT2D eigenvalue weighted by Gasteiger charge is -2.37. The van der Waals surface area contributed by atoms with Gasteiger partial charge < -0.3 is 13.7 Å². The Kier molecular flexibility index (Phi) is 8.12. The minimum atomic E-state index is -2.04. The van der Waals surface area contributed by atoms with E-state index < -0.39 is 8.32 Å². The van der Waals surface area contributed by atoms with Crippen molar-refractivity contribution in [1.82, 2.24) is 14.3 Å². The highest BCUT2D eigenvalue weighted by Gasteiger charge is 2.38. The lowest BCUT2D eigenvalue weighted by molar-refractivity contribution is -0.0368. The summed E-state index contributed by atoms with van der Waals surface area (Å²) in [5.41, 5.74) is 4.76. The molecule has 0 aliphatic carbocycles. The van der Waals surface area contributed by atoms with Gasteiger partial charge in [0, 0.05) is 29.3 Å². The van der Waals surface area contributed by atoms with Crippen LogP contribution in [0.25, 0.3) is 22.0 Å². The summed E-state index contributed by atoms with van der Waals surface area (Å²) in [5.74, 6) is 0. The van der Waals surface area contributed by atoms with Crippen molar-refractivity contribution < 1.29 is 9.16 Å². The predicted molar refractivity (Wildman–Crippen MR) is 166 cm³/mol. The fourth-order valence-electron chi connectivity index (χ4n) is 5.09. The van der Waals surface area contributed by atoms with E-state index in [-0.39, 0.29) is 22.9 Å². The van der Waals surface area contributed by atoms with Crippen LogP contribution in [-0.4, -0.2) is 35.9 Å². The van der Waals surface area contributed by atoms with Crippen LogP contribution in [0.3, 0.4) is 0 Å². The molecule has 1 aliphatic rings. The molecule has 212 valence electrons. The second kappa shape index (κ2) is 11.3. The number of halogens is 1. The maximum Gasteiger partial charge on any atom is 0.251 e. The third kappa shape index (κ3) is 5.84. The minimum Gasteiger partial charge on any atom is -0.414 e. The van der Waals surface area contributed by atoms with Gasteiger partial charge in [-0.2, -0.15) is 5.10 Å². The Morgan fingerprint density at radius 1 is 1.10 bits per heavy atom. The van der Waals surface area contributed by atoms with Gasteiger partial charge in [0.05, 0.1) is 23.9 Å². The van der Waals surface area contributed by atoms with Gasteiger partial charge in [-0.15, -0.1) is 0 Å². The van der Waals surface area contributed by atoms with Crippen molar-refractivity contribution in [2.75, 3.05) is 13.2 Å². The zero-order valence-corrected chi connectivity index (χ0v) is 26.2. The number of aryl methyl sites for hydroxylation is 1. The fraction of sp³-hybridized carbons (Fsp3) is 0.438. The first kappa shape index (κ1) is 28.8. The molecule has 4 aromatic rings. The van der Waals surface area contributed by atoms with Crippen molar-refractivity contribution in [3.8, 4) is 11.1 Å². The number of aromatic nitrogens is 3. The third-order valence-corrected chi connectivity index (χ3v) is 13.3. The molecule has 0 bridgehead atoms. The van der Waals surface area contributed by atoms with Gasteiger partial charge in [0.15, 0.2) is 14.5 Å². The lowest BCUT2D eigenvalue weighted by atomic mass is 10.0. The van der Waals surface area contributed by atoms with E-state index in [2.05, 4.69) is 52.1 Å². The Bertz CT molecular complexity index is 1560. The summed E-state index contributed by atoms with van der Waals surface area (Å²) in [6.45, 7) is 14.3. The molecule has 40 heavy (non-hydrogen) atoms. The zero-order valence-electron chi connectivity index (χ0n) is 24.4. The second-order valence-corrected chi connectivity index (χ2v) is 17.6. The van der Waals surface area contributed by atoms with Crippen LogP contribution in [0.5, 0.6) is 0 Å². The van der Waals surface area contributed by atoms with E-state index in [0.717, 1.165) is 59.2 Å². The molecule has 0 amide bonds. The lowest BCUT2D eigenvalue weighted by Crippen LogP contribution is -2.43. The number of hydrogen-bond acceptors (Lipinski definition) is 4. The molecular formula is C32H40ClN3O3Si. The molecule has 8 heteroatoms. The van der Waals surface area contributed by atoms with Crippen LogP contribution in [0, 0.1) is 6.92 Å². The summed E-state index contributed by atoms with van der Waals surface area (Å²) in [7, 11) is -2.04. The van der Waals surface area contributed by atoms with Crippen LogP contribution >= 0.6 is 11.6 Å². The summed E-state index contributed by atoms with van der Waals surface area (Å²) in [5, 5.41) is 6.59. The Hall–Kier alpha value is -2.71. The topological polar surface area (TPSA) is 58.3 Å². The van der Waals surface area contributed by atoms with Gasteiger partial charge >= 0.3 is 0 Å². The molecule has 1 fully saturated rings. The van der Waals surface area contributed by atoms with Gasteiger partial charge in [0.2, 0.25) is 0 Å². The highest BCUT2D eigenvalue weighted by molar-refractivity contribution is 6.74. The average molecular weight is 578 g/mol. The summed E-state index contributed by atoms with van der Waals surface area (Å²) in [6.07, 6.45) is 5.09. The molecule has 0 saturated carbocycles. The van der Waals surface area contributed by atoms with Crippen molar-refractivity contribution in [3.05, 3.63) is 87.4 Å². The SMILES string of the molecule is Cc1nn(C2CCCCO2)c2ccc(-c3ccn(C(CO[Si](C)(C)C(C)(C)C)c4cccc(Cl)c4)c(=O)c3)cc12.